The Balaban J connectivity index is 1.87. The summed E-state index contributed by atoms with van der Waals surface area (Å²) in [5.74, 6) is -0.649. The van der Waals surface area contributed by atoms with Crippen molar-refractivity contribution in [2.75, 3.05) is 5.32 Å². The Morgan fingerprint density at radius 1 is 1.07 bits per heavy atom. The molecule has 2 N–H and O–H groups in total. The van der Waals surface area contributed by atoms with E-state index in [1.807, 2.05) is 0 Å². The summed E-state index contributed by atoms with van der Waals surface area (Å²) in [7, 11) is 0. The molecule has 2 aromatic carbocycles. The number of nitrogens with one attached hydrogen (secondary N) is 2. The lowest BCUT2D eigenvalue weighted by Gasteiger charge is -2.12. The summed E-state index contributed by atoms with van der Waals surface area (Å²) in [5.41, 5.74) is 0.402. The number of carbonyl (C=O) groups excluding carboxylic acids is 1. The van der Waals surface area contributed by atoms with E-state index < -0.39 is 30.5 Å². The van der Waals surface area contributed by atoms with Crippen LogP contribution in [0.25, 0.3) is 11.1 Å². The van der Waals surface area contributed by atoms with Gasteiger partial charge in [0.1, 0.15) is 0 Å². The summed E-state index contributed by atoms with van der Waals surface area (Å²) in [6.07, 6.45) is -6.57. The van der Waals surface area contributed by atoms with Crippen molar-refractivity contribution in [3.05, 3.63) is 71.5 Å². The molecular weight excluding hydrogens is 381 g/mol. The maximum absolute atomic E-state index is 12.7. The van der Waals surface area contributed by atoms with E-state index >= 15 is 0 Å². The molecule has 0 atom stereocenters. The number of carbonyl (C=O) groups is 1. The lowest BCUT2D eigenvalue weighted by atomic mass is 10.0. The molecule has 28 heavy (non-hydrogen) atoms. The highest BCUT2D eigenvalue weighted by atomic mass is 19.4. The minimum Gasteiger partial charge on any atom is -0.321 e. The molecule has 0 bridgehead atoms. The molecule has 4 nitrogen and oxygen atoms in total. The Bertz CT molecular complexity index is 964. The van der Waals surface area contributed by atoms with Gasteiger partial charge in [-0.1, -0.05) is 30.3 Å². The van der Waals surface area contributed by atoms with Gasteiger partial charge in [-0.2, -0.15) is 18.3 Å². The summed E-state index contributed by atoms with van der Waals surface area (Å²) in [6.45, 7) is 0. The van der Waals surface area contributed by atoms with Crippen molar-refractivity contribution in [3.63, 3.8) is 0 Å². The van der Waals surface area contributed by atoms with E-state index in [-0.39, 0.29) is 11.3 Å². The van der Waals surface area contributed by atoms with E-state index in [9.17, 15) is 26.7 Å². The molecule has 0 saturated heterocycles. The van der Waals surface area contributed by atoms with Gasteiger partial charge in [0, 0.05) is 17.4 Å². The fraction of sp³-hybridized carbons (Fsp3) is 0.158. The largest absolute Gasteiger partial charge is 0.416 e. The molecule has 1 heterocycles. The van der Waals surface area contributed by atoms with Crippen LogP contribution in [0.4, 0.5) is 27.6 Å². The third-order valence-corrected chi connectivity index (χ3v) is 4.01. The molecule has 3 aromatic rings. The minimum atomic E-state index is -4.45. The summed E-state index contributed by atoms with van der Waals surface area (Å²) in [4.78, 5) is 12.5. The highest BCUT2D eigenvalue weighted by Gasteiger charge is 2.30. The Morgan fingerprint density at radius 3 is 2.39 bits per heavy atom. The molecule has 0 fully saturated rings. The highest BCUT2D eigenvalue weighted by molar-refractivity contribution is 6.06. The molecule has 0 saturated carbocycles. The number of para-hydroxylation sites is 1. The topological polar surface area (TPSA) is 57.8 Å². The first kappa shape index (κ1) is 19.5. The maximum atomic E-state index is 12.7. The van der Waals surface area contributed by atoms with E-state index in [0.717, 1.165) is 12.1 Å². The van der Waals surface area contributed by atoms with Crippen molar-refractivity contribution in [1.82, 2.24) is 10.2 Å². The zero-order valence-electron chi connectivity index (χ0n) is 14.2. The van der Waals surface area contributed by atoms with Gasteiger partial charge in [-0.15, -0.1) is 0 Å². The van der Waals surface area contributed by atoms with Crippen LogP contribution in [0.15, 0.2) is 54.7 Å². The SMILES string of the molecule is O=C(Nc1ccccc1-c1ccc(C(F)(F)F)cc1)c1c[nH]nc1CC(F)F. The predicted octanol–water partition coefficient (Wildman–Crippen LogP) is 5.16. The van der Waals surface area contributed by atoms with Gasteiger partial charge in [0.15, 0.2) is 0 Å². The van der Waals surface area contributed by atoms with Gasteiger partial charge < -0.3 is 5.32 Å². The molecular formula is C19H14F5N3O. The van der Waals surface area contributed by atoms with E-state index in [1.54, 1.807) is 24.3 Å². The third kappa shape index (κ3) is 4.36. The van der Waals surface area contributed by atoms with Crippen LogP contribution in [-0.2, 0) is 12.6 Å². The number of aromatic nitrogens is 2. The van der Waals surface area contributed by atoms with Crippen molar-refractivity contribution < 1.29 is 26.7 Å². The normalized spacial score (nSPS) is 11.6. The van der Waals surface area contributed by atoms with E-state index in [4.69, 9.17) is 0 Å². The van der Waals surface area contributed by atoms with E-state index in [1.165, 1.54) is 18.3 Å². The average Bonchev–Trinajstić information content (AvgIpc) is 3.09. The summed E-state index contributed by atoms with van der Waals surface area (Å²) in [6, 6.07) is 11.0. The van der Waals surface area contributed by atoms with Crippen LogP contribution in [0.2, 0.25) is 0 Å². The van der Waals surface area contributed by atoms with Crippen LogP contribution in [0.1, 0.15) is 21.6 Å². The number of rotatable bonds is 5. The first-order chi connectivity index (χ1) is 13.3. The zero-order chi connectivity index (χ0) is 20.3. The Labute approximate surface area is 156 Å². The summed E-state index contributed by atoms with van der Waals surface area (Å²) >= 11 is 0. The quantitative estimate of drug-likeness (QED) is 0.587. The second-order valence-electron chi connectivity index (χ2n) is 5.92. The van der Waals surface area contributed by atoms with Gasteiger partial charge in [-0.25, -0.2) is 8.78 Å². The number of alkyl halides is 5. The molecule has 0 aliphatic carbocycles. The number of amides is 1. The van der Waals surface area contributed by atoms with Crippen molar-refractivity contribution in [1.29, 1.82) is 0 Å². The smallest absolute Gasteiger partial charge is 0.321 e. The van der Waals surface area contributed by atoms with Crippen LogP contribution in [-0.4, -0.2) is 22.5 Å². The number of aromatic amines is 1. The minimum absolute atomic E-state index is 0.0254. The van der Waals surface area contributed by atoms with Gasteiger partial charge in [0.05, 0.1) is 23.2 Å². The Kier molecular flexibility index (Phi) is 5.43. The predicted molar refractivity (Wildman–Crippen MR) is 93.1 cm³/mol. The lowest BCUT2D eigenvalue weighted by Crippen LogP contribution is -2.15. The zero-order valence-corrected chi connectivity index (χ0v) is 14.2. The first-order valence-corrected chi connectivity index (χ1v) is 8.14. The van der Waals surface area contributed by atoms with Crippen LogP contribution in [0, 0.1) is 0 Å². The number of anilines is 1. The van der Waals surface area contributed by atoms with Crippen LogP contribution in [0.3, 0.4) is 0 Å². The second kappa shape index (κ2) is 7.79. The number of benzene rings is 2. The lowest BCUT2D eigenvalue weighted by molar-refractivity contribution is -0.137. The molecule has 1 aromatic heterocycles. The Hall–Kier alpha value is -3.23. The van der Waals surface area contributed by atoms with Crippen LogP contribution in [0.5, 0.6) is 0 Å². The van der Waals surface area contributed by atoms with Crippen LogP contribution < -0.4 is 5.32 Å². The Morgan fingerprint density at radius 2 is 1.75 bits per heavy atom. The average molecular weight is 395 g/mol. The number of nitrogens with zero attached hydrogens (tertiary/aromatic N) is 1. The molecule has 9 heteroatoms. The van der Waals surface area contributed by atoms with E-state index in [2.05, 4.69) is 15.5 Å². The molecule has 0 spiro atoms. The fourth-order valence-corrected chi connectivity index (χ4v) is 2.69. The molecule has 3 rings (SSSR count). The van der Waals surface area contributed by atoms with Crippen molar-refractivity contribution in [2.45, 2.75) is 19.0 Å². The third-order valence-electron chi connectivity index (χ3n) is 4.01. The standard InChI is InChI=1S/C19H14F5N3O/c20-17(21)9-16-14(10-25-27-16)18(28)26-15-4-2-1-3-13(15)11-5-7-12(8-6-11)19(22,23)24/h1-8,10,17H,9H2,(H,25,27)(H,26,28). The number of halogens is 5. The van der Waals surface area contributed by atoms with Gasteiger partial charge in [-0.05, 0) is 23.8 Å². The molecule has 0 aliphatic rings. The summed E-state index contributed by atoms with van der Waals surface area (Å²) in [5, 5.41) is 8.65. The molecule has 0 aliphatic heterocycles. The fourth-order valence-electron chi connectivity index (χ4n) is 2.69. The van der Waals surface area contributed by atoms with Crippen molar-refractivity contribution in [2.24, 2.45) is 0 Å². The molecule has 1 amide bonds. The van der Waals surface area contributed by atoms with Crippen LogP contribution >= 0.6 is 0 Å². The second-order valence-corrected chi connectivity index (χ2v) is 5.92. The summed E-state index contributed by atoms with van der Waals surface area (Å²) < 4.78 is 63.4. The molecule has 0 radical (unpaired) electrons. The van der Waals surface area contributed by atoms with Crippen molar-refractivity contribution in [3.8, 4) is 11.1 Å². The number of H-pyrrole nitrogens is 1. The van der Waals surface area contributed by atoms with Gasteiger partial charge in [-0.3, -0.25) is 9.89 Å². The van der Waals surface area contributed by atoms with Crippen molar-refractivity contribution >= 4 is 11.6 Å². The number of hydrogen-bond acceptors (Lipinski definition) is 2. The number of hydrogen-bond donors (Lipinski definition) is 2. The monoisotopic (exact) mass is 395 g/mol. The highest BCUT2D eigenvalue weighted by Crippen LogP contribution is 2.33. The maximum Gasteiger partial charge on any atom is 0.416 e. The first-order valence-electron chi connectivity index (χ1n) is 8.14. The molecule has 146 valence electrons. The van der Waals surface area contributed by atoms with E-state index in [0.29, 0.717) is 16.8 Å². The van der Waals surface area contributed by atoms with Gasteiger partial charge in [0.25, 0.3) is 5.91 Å². The molecule has 0 unspecified atom stereocenters. The van der Waals surface area contributed by atoms with Gasteiger partial charge >= 0.3 is 6.18 Å². The van der Waals surface area contributed by atoms with Gasteiger partial charge in [0.2, 0.25) is 6.43 Å².